The predicted octanol–water partition coefficient (Wildman–Crippen LogP) is 4.17. The highest BCUT2D eigenvalue weighted by molar-refractivity contribution is 5.84. The van der Waals surface area contributed by atoms with Gasteiger partial charge >= 0.3 is 6.18 Å². The van der Waals surface area contributed by atoms with Crippen LogP contribution in [0.2, 0.25) is 0 Å². The summed E-state index contributed by atoms with van der Waals surface area (Å²) in [6.45, 7) is 1.79. The Balaban J connectivity index is 1.27. The number of carbonyl (C=O) groups is 1. The number of alkyl halides is 5. The van der Waals surface area contributed by atoms with Crippen molar-refractivity contribution in [2.24, 2.45) is 17.3 Å². The van der Waals surface area contributed by atoms with Crippen molar-refractivity contribution in [1.29, 1.82) is 0 Å². The molecule has 206 valence electrons. The molecule has 7 nitrogen and oxygen atoms in total. The Morgan fingerprint density at radius 3 is 2.76 bits per heavy atom. The highest BCUT2D eigenvalue weighted by Gasteiger charge is 2.54. The summed E-state index contributed by atoms with van der Waals surface area (Å²) in [4.78, 5) is 17.3. The molecule has 5 rings (SSSR count). The molecule has 1 aromatic heterocycles. The number of fused-ring (bicyclic) bond motifs is 2. The summed E-state index contributed by atoms with van der Waals surface area (Å²) in [5, 5.41) is 7.40. The number of aromatic nitrogens is 2. The Kier molecular flexibility index (Phi) is 7.34. The van der Waals surface area contributed by atoms with Crippen LogP contribution < -0.4 is 4.90 Å². The van der Waals surface area contributed by atoms with E-state index in [2.05, 4.69) is 10.2 Å². The van der Waals surface area contributed by atoms with Crippen molar-refractivity contribution in [3.05, 3.63) is 17.8 Å². The summed E-state index contributed by atoms with van der Waals surface area (Å²) in [6, 6.07) is 0.525. The number of hydrogen-bond acceptors (Lipinski definition) is 6. The first kappa shape index (κ1) is 26.5. The van der Waals surface area contributed by atoms with Gasteiger partial charge in [-0.25, -0.2) is 8.78 Å². The molecular formula is C25H33F5N4O3. The summed E-state index contributed by atoms with van der Waals surface area (Å²) in [5.41, 5.74) is -1.97. The van der Waals surface area contributed by atoms with E-state index in [1.165, 1.54) is 0 Å². The quantitative estimate of drug-likeness (QED) is 0.492. The van der Waals surface area contributed by atoms with Gasteiger partial charge in [-0.15, -0.1) is 5.10 Å². The molecule has 37 heavy (non-hydrogen) atoms. The van der Waals surface area contributed by atoms with Crippen LogP contribution in [0.5, 0.6) is 0 Å². The van der Waals surface area contributed by atoms with E-state index in [-0.39, 0.29) is 41.7 Å². The summed E-state index contributed by atoms with van der Waals surface area (Å²) in [7, 11) is 1.66. The minimum absolute atomic E-state index is 0.0196. The molecule has 0 N–H and O–H groups in total. The molecule has 0 spiro atoms. The second kappa shape index (κ2) is 10.2. The van der Waals surface area contributed by atoms with Gasteiger partial charge in [0.15, 0.2) is 5.82 Å². The fraction of sp³-hybridized carbons (Fsp3) is 0.800. The van der Waals surface area contributed by atoms with E-state index in [1.54, 1.807) is 16.9 Å². The molecule has 1 saturated carbocycles. The third-order valence-electron chi connectivity index (χ3n) is 8.85. The number of methoxy groups -OCH3 is 1. The van der Waals surface area contributed by atoms with Gasteiger partial charge in [-0.3, -0.25) is 4.79 Å². The molecular weight excluding hydrogens is 499 g/mol. The van der Waals surface area contributed by atoms with Gasteiger partial charge in [0.1, 0.15) is 0 Å². The van der Waals surface area contributed by atoms with Gasteiger partial charge in [0, 0.05) is 33.2 Å². The van der Waals surface area contributed by atoms with Crippen LogP contribution in [0.3, 0.4) is 0 Å². The standard InChI is InChI=1S/C25H33F5N4O3/c1-36-20-14-37-5-3-16(20)6-15-2-4-24(9-15,10-21(26)27)23(35)34-13-18-8-19(34)12-33(18)22-7-17(11-31-32-22)25(28,29)30/h7,11,15-16,18-21H,2-6,8-10,12-14H2,1H3/t15-,16-,18+,19+,20-,24+/m1/s1. The van der Waals surface area contributed by atoms with Gasteiger partial charge in [-0.1, -0.05) is 0 Å². The minimum atomic E-state index is -4.53. The fourth-order valence-corrected chi connectivity index (χ4v) is 7.07. The van der Waals surface area contributed by atoms with Gasteiger partial charge < -0.3 is 19.3 Å². The van der Waals surface area contributed by atoms with Crippen LogP contribution in [0, 0.1) is 17.3 Å². The first-order valence-electron chi connectivity index (χ1n) is 13.0. The summed E-state index contributed by atoms with van der Waals surface area (Å²) in [5.74, 6) is 0.348. The first-order valence-corrected chi connectivity index (χ1v) is 13.0. The van der Waals surface area contributed by atoms with Crippen molar-refractivity contribution < 1.29 is 36.2 Å². The number of nitrogens with zero attached hydrogens (tertiary/aromatic N) is 4. The molecule has 2 bridgehead atoms. The molecule has 6 atom stereocenters. The smallest absolute Gasteiger partial charge is 0.379 e. The van der Waals surface area contributed by atoms with E-state index in [4.69, 9.17) is 9.47 Å². The number of piperazine rings is 1. The number of halogens is 5. The molecule has 4 aliphatic rings. The monoisotopic (exact) mass is 532 g/mol. The van der Waals surface area contributed by atoms with Crippen molar-refractivity contribution in [2.75, 3.05) is 38.3 Å². The molecule has 0 radical (unpaired) electrons. The van der Waals surface area contributed by atoms with Gasteiger partial charge in [0.2, 0.25) is 12.3 Å². The summed E-state index contributed by atoms with van der Waals surface area (Å²) >= 11 is 0. The topological polar surface area (TPSA) is 67.8 Å². The Labute approximate surface area is 212 Å². The Morgan fingerprint density at radius 2 is 2.08 bits per heavy atom. The highest BCUT2D eigenvalue weighted by atomic mass is 19.4. The maximum Gasteiger partial charge on any atom is 0.418 e. The number of amides is 1. The van der Waals surface area contributed by atoms with Crippen LogP contribution in [-0.4, -0.2) is 79.0 Å². The molecule has 0 aromatic carbocycles. The zero-order valence-corrected chi connectivity index (χ0v) is 20.8. The lowest BCUT2D eigenvalue weighted by Gasteiger charge is -2.40. The molecule has 4 fully saturated rings. The maximum absolute atomic E-state index is 13.8. The van der Waals surface area contributed by atoms with Gasteiger partial charge in [0.25, 0.3) is 0 Å². The molecule has 12 heteroatoms. The largest absolute Gasteiger partial charge is 0.418 e. The lowest BCUT2D eigenvalue weighted by molar-refractivity contribution is -0.146. The van der Waals surface area contributed by atoms with E-state index in [0.29, 0.717) is 51.8 Å². The second-order valence-electron chi connectivity index (χ2n) is 11.1. The Hall–Kier alpha value is -2.08. The number of likely N-dealkylation sites (tertiary alicyclic amines) is 1. The van der Waals surface area contributed by atoms with Gasteiger partial charge in [0.05, 0.1) is 42.0 Å². The third kappa shape index (κ3) is 5.28. The second-order valence-corrected chi connectivity index (χ2v) is 11.1. The van der Waals surface area contributed by atoms with Crippen LogP contribution in [0.15, 0.2) is 12.3 Å². The highest BCUT2D eigenvalue weighted by Crippen LogP contribution is 2.51. The fourth-order valence-electron chi connectivity index (χ4n) is 7.07. The van der Waals surface area contributed by atoms with Crippen molar-refractivity contribution >= 4 is 11.7 Å². The summed E-state index contributed by atoms with van der Waals surface area (Å²) < 4.78 is 78.0. The van der Waals surface area contributed by atoms with Crippen molar-refractivity contribution in [3.8, 4) is 0 Å². The van der Waals surface area contributed by atoms with Crippen molar-refractivity contribution in [2.45, 2.75) is 75.7 Å². The number of anilines is 1. The van der Waals surface area contributed by atoms with Crippen LogP contribution in [0.4, 0.5) is 27.8 Å². The molecule has 0 unspecified atom stereocenters. The normalized spacial score (nSPS) is 34.1. The number of hydrogen-bond donors (Lipinski definition) is 0. The molecule has 1 aliphatic carbocycles. The average molecular weight is 533 g/mol. The van der Waals surface area contributed by atoms with E-state index in [9.17, 15) is 26.7 Å². The number of rotatable bonds is 7. The molecule has 1 aromatic rings. The lowest BCUT2D eigenvalue weighted by Crippen LogP contribution is -2.53. The molecule has 3 saturated heterocycles. The number of ether oxygens (including phenoxy) is 2. The molecule has 4 heterocycles. The predicted molar refractivity (Wildman–Crippen MR) is 123 cm³/mol. The van der Waals surface area contributed by atoms with E-state index < -0.39 is 30.0 Å². The van der Waals surface area contributed by atoms with Crippen molar-refractivity contribution in [3.63, 3.8) is 0 Å². The van der Waals surface area contributed by atoms with Gasteiger partial charge in [-0.2, -0.15) is 18.3 Å². The Bertz CT molecular complexity index is 982. The SMILES string of the molecule is CO[C@@H]1COCC[C@@H]1C[C@H]1CC[C@](CC(F)F)(C(=O)N2C[C@@H]3C[C@H]2CN3c2cc(C(F)(F)F)cnn2)C1. The third-order valence-corrected chi connectivity index (χ3v) is 8.85. The van der Waals surface area contributed by atoms with E-state index in [0.717, 1.165) is 25.3 Å². The van der Waals surface area contributed by atoms with Crippen LogP contribution >= 0.6 is 0 Å². The number of carbonyl (C=O) groups excluding carboxylic acids is 1. The first-order chi connectivity index (χ1) is 17.6. The average Bonchev–Trinajstić information content (AvgIpc) is 3.58. The zero-order valence-electron chi connectivity index (χ0n) is 20.8. The van der Waals surface area contributed by atoms with Crippen molar-refractivity contribution in [1.82, 2.24) is 15.1 Å². The van der Waals surface area contributed by atoms with E-state index >= 15 is 0 Å². The minimum Gasteiger partial charge on any atom is -0.379 e. The zero-order chi connectivity index (χ0) is 26.4. The summed E-state index contributed by atoms with van der Waals surface area (Å²) in [6.07, 6.45) is -3.06. The van der Waals surface area contributed by atoms with E-state index in [1.807, 2.05) is 0 Å². The Morgan fingerprint density at radius 1 is 1.27 bits per heavy atom. The van der Waals surface area contributed by atoms with Crippen LogP contribution in [-0.2, 0) is 20.4 Å². The molecule has 1 amide bonds. The van der Waals surface area contributed by atoms with Crippen LogP contribution in [0.1, 0.15) is 50.5 Å². The maximum atomic E-state index is 13.8. The lowest BCUT2D eigenvalue weighted by atomic mass is 9.78. The van der Waals surface area contributed by atoms with Gasteiger partial charge in [-0.05, 0) is 56.4 Å². The van der Waals surface area contributed by atoms with Crippen LogP contribution in [0.25, 0.3) is 0 Å². The molecule has 3 aliphatic heterocycles.